The van der Waals surface area contributed by atoms with E-state index in [1.165, 1.54) is 0 Å². The monoisotopic (exact) mass is 363 g/mol. The molecule has 0 saturated carbocycles. The minimum atomic E-state index is -0.518. The summed E-state index contributed by atoms with van der Waals surface area (Å²) in [5.41, 5.74) is 3.93. The molecule has 1 amide bonds. The molecule has 0 bridgehead atoms. The van der Waals surface area contributed by atoms with Crippen LogP contribution in [-0.2, 0) is 9.53 Å². The lowest BCUT2D eigenvalue weighted by molar-refractivity contribution is -0.119. The largest absolute Gasteiger partial charge is 0.452 e. The maximum Gasteiger partial charge on any atom is 0.338 e. The maximum atomic E-state index is 12.3. The van der Waals surface area contributed by atoms with Crippen molar-refractivity contribution in [3.05, 3.63) is 77.0 Å². The normalized spacial score (nSPS) is 10.5. The van der Waals surface area contributed by atoms with Crippen molar-refractivity contribution in [1.29, 1.82) is 0 Å². The fraction of sp³-hybridized carbons (Fsp3) is 0.190. The number of esters is 1. The molecule has 138 valence electrons. The highest BCUT2D eigenvalue weighted by Gasteiger charge is 2.15. The Bertz CT molecular complexity index is 978. The van der Waals surface area contributed by atoms with Crippen LogP contribution >= 0.6 is 0 Å². The third kappa shape index (κ3) is 4.41. The van der Waals surface area contributed by atoms with E-state index >= 15 is 0 Å². The van der Waals surface area contributed by atoms with Gasteiger partial charge < -0.3 is 10.1 Å². The van der Waals surface area contributed by atoms with E-state index in [-0.39, 0.29) is 6.61 Å². The van der Waals surface area contributed by atoms with Crippen molar-refractivity contribution in [1.82, 2.24) is 9.78 Å². The van der Waals surface area contributed by atoms with Gasteiger partial charge in [-0.3, -0.25) is 4.79 Å². The predicted molar refractivity (Wildman–Crippen MR) is 103 cm³/mol. The fourth-order valence-corrected chi connectivity index (χ4v) is 2.78. The topological polar surface area (TPSA) is 73.2 Å². The van der Waals surface area contributed by atoms with Gasteiger partial charge in [0.15, 0.2) is 6.61 Å². The van der Waals surface area contributed by atoms with Crippen LogP contribution in [0.5, 0.6) is 0 Å². The summed E-state index contributed by atoms with van der Waals surface area (Å²) < 4.78 is 6.79. The summed E-state index contributed by atoms with van der Waals surface area (Å²) in [5, 5.41) is 7.14. The van der Waals surface area contributed by atoms with Crippen molar-refractivity contribution in [2.75, 3.05) is 11.9 Å². The number of nitrogens with one attached hydrogen (secondary N) is 1. The Kier molecular flexibility index (Phi) is 5.35. The predicted octanol–water partition coefficient (Wildman–Crippen LogP) is 3.59. The summed E-state index contributed by atoms with van der Waals surface area (Å²) in [4.78, 5) is 24.5. The Labute approximate surface area is 157 Å². The van der Waals surface area contributed by atoms with Crippen LogP contribution < -0.4 is 5.32 Å². The number of nitrogens with zero attached hydrogens (tertiary/aromatic N) is 2. The molecule has 0 aliphatic carbocycles. The van der Waals surface area contributed by atoms with E-state index in [1.54, 1.807) is 16.8 Å². The lowest BCUT2D eigenvalue weighted by Crippen LogP contribution is -2.22. The Balaban J connectivity index is 1.66. The number of anilines is 1. The highest BCUT2D eigenvalue weighted by molar-refractivity contribution is 5.96. The van der Waals surface area contributed by atoms with Gasteiger partial charge in [-0.05, 0) is 44.5 Å². The van der Waals surface area contributed by atoms with E-state index < -0.39 is 11.9 Å². The Morgan fingerprint density at radius 3 is 2.48 bits per heavy atom. The highest BCUT2D eigenvalue weighted by Crippen LogP contribution is 2.17. The second-order valence-electron chi connectivity index (χ2n) is 6.36. The van der Waals surface area contributed by atoms with Crippen LogP contribution in [0.2, 0.25) is 0 Å². The molecular formula is C21H21N3O3. The molecular weight excluding hydrogens is 342 g/mol. The molecule has 0 atom stereocenters. The van der Waals surface area contributed by atoms with Crippen molar-refractivity contribution in [2.45, 2.75) is 20.8 Å². The third-order valence-electron chi connectivity index (χ3n) is 4.04. The summed E-state index contributed by atoms with van der Waals surface area (Å²) in [6, 6.07) is 16.7. The molecule has 2 aromatic carbocycles. The van der Waals surface area contributed by atoms with Crippen molar-refractivity contribution in [3.63, 3.8) is 0 Å². The number of benzene rings is 2. The van der Waals surface area contributed by atoms with Crippen molar-refractivity contribution in [2.24, 2.45) is 0 Å². The second-order valence-corrected chi connectivity index (χ2v) is 6.36. The molecule has 0 aliphatic rings. The summed E-state index contributed by atoms with van der Waals surface area (Å²) in [7, 11) is 0. The average Bonchev–Trinajstić information content (AvgIpc) is 3.00. The van der Waals surface area contributed by atoms with Gasteiger partial charge in [0.1, 0.15) is 5.82 Å². The number of carbonyl (C=O) groups is 2. The highest BCUT2D eigenvalue weighted by atomic mass is 16.5. The van der Waals surface area contributed by atoms with Crippen molar-refractivity contribution < 1.29 is 14.3 Å². The molecule has 0 aliphatic heterocycles. The number of hydrogen-bond acceptors (Lipinski definition) is 4. The number of rotatable bonds is 5. The van der Waals surface area contributed by atoms with E-state index in [9.17, 15) is 9.59 Å². The van der Waals surface area contributed by atoms with Gasteiger partial charge in [-0.25, -0.2) is 9.48 Å². The first kappa shape index (κ1) is 18.4. The Morgan fingerprint density at radius 2 is 1.78 bits per heavy atom. The van der Waals surface area contributed by atoms with Gasteiger partial charge >= 0.3 is 5.97 Å². The van der Waals surface area contributed by atoms with E-state index in [0.717, 1.165) is 22.5 Å². The Morgan fingerprint density at radius 1 is 1.04 bits per heavy atom. The molecule has 1 N–H and O–H groups in total. The van der Waals surface area contributed by atoms with Crippen LogP contribution in [0.4, 0.5) is 5.82 Å². The van der Waals surface area contributed by atoms with E-state index in [4.69, 9.17) is 4.74 Å². The van der Waals surface area contributed by atoms with Crippen LogP contribution in [-0.4, -0.2) is 28.3 Å². The molecule has 0 saturated heterocycles. The average molecular weight is 363 g/mol. The number of hydrogen-bond donors (Lipinski definition) is 1. The molecule has 3 rings (SSSR count). The van der Waals surface area contributed by atoms with Gasteiger partial charge in [0.2, 0.25) is 0 Å². The van der Waals surface area contributed by atoms with Gasteiger partial charge in [0, 0.05) is 6.07 Å². The van der Waals surface area contributed by atoms with Gasteiger partial charge in [-0.2, -0.15) is 5.10 Å². The molecule has 0 spiro atoms. The minimum Gasteiger partial charge on any atom is -0.452 e. The standard InChI is InChI=1S/C21H21N3O3/c1-14-9-10-18(15(2)11-14)21(26)27-13-20(25)22-19-12-16(3)23-24(19)17-7-5-4-6-8-17/h4-12H,13H2,1-3H3,(H,22,25). The molecule has 6 nitrogen and oxygen atoms in total. The first-order valence-electron chi connectivity index (χ1n) is 8.60. The summed E-state index contributed by atoms with van der Waals surface area (Å²) >= 11 is 0. The zero-order valence-electron chi connectivity index (χ0n) is 15.5. The number of aryl methyl sites for hydroxylation is 3. The molecule has 1 aromatic heterocycles. The van der Waals surface area contributed by atoms with E-state index in [2.05, 4.69) is 10.4 Å². The molecule has 3 aromatic rings. The molecule has 0 radical (unpaired) electrons. The van der Waals surface area contributed by atoms with Gasteiger partial charge in [0.25, 0.3) is 5.91 Å². The lowest BCUT2D eigenvalue weighted by Gasteiger charge is -2.10. The number of para-hydroxylation sites is 1. The zero-order valence-corrected chi connectivity index (χ0v) is 15.5. The van der Waals surface area contributed by atoms with Crippen LogP contribution in [0, 0.1) is 20.8 Å². The Hall–Kier alpha value is -3.41. The molecule has 0 unspecified atom stereocenters. The van der Waals surface area contributed by atoms with Gasteiger partial charge in [-0.15, -0.1) is 0 Å². The summed E-state index contributed by atoms with van der Waals surface area (Å²) in [5.74, 6) is -0.424. The summed E-state index contributed by atoms with van der Waals surface area (Å²) in [6.07, 6.45) is 0. The molecule has 27 heavy (non-hydrogen) atoms. The van der Waals surface area contributed by atoms with E-state index in [0.29, 0.717) is 11.4 Å². The number of aromatic nitrogens is 2. The SMILES string of the molecule is Cc1ccc(C(=O)OCC(=O)Nc2cc(C)nn2-c2ccccc2)c(C)c1. The van der Waals surface area contributed by atoms with E-state index in [1.807, 2.05) is 63.2 Å². The molecule has 0 fully saturated rings. The van der Waals surface area contributed by atoms with Crippen LogP contribution in [0.15, 0.2) is 54.6 Å². The molecule has 1 heterocycles. The third-order valence-corrected chi connectivity index (χ3v) is 4.04. The van der Waals surface area contributed by atoms with Crippen molar-refractivity contribution in [3.8, 4) is 5.69 Å². The fourth-order valence-electron chi connectivity index (χ4n) is 2.78. The quantitative estimate of drug-likeness (QED) is 0.703. The number of ether oxygens (including phenoxy) is 1. The second kappa shape index (κ2) is 7.86. The summed E-state index contributed by atoms with van der Waals surface area (Å²) in [6.45, 7) is 5.26. The van der Waals surface area contributed by atoms with Gasteiger partial charge in [-0.1, -0.05) is 35.9 Å². The smallest absolute Gasteiger partial charge is 0.338 e. The lowest BCUT2D eigenvalue weighted by atomic mass is 10.1. The first-order valence-corrected chi connectivity index (χ1v) is 8.60. The van der Waals surface area contributed by atoms with Crippen LogP contribution in [0.1, 0.15) is 27.2 Å². The first-order chi connectivity index (χ1) is 12.9. The number of carbonyl (C=O) groups excluding carboxylic acids is 2. The van der Waals surface area contributed by atoms with Crippen LogP contribution in [0.25, 0.3) is 5.69 Å². The number of amides is 1. The van der Waals surface area contributed by atoms with Crippen molar-refractivity contribution >= 4 is 17.7 Å². The zero-order chi connectivity index (χ0) is 19.4. The van der Waals surface area contributed by atoms with Gasteiger partial charge in [0.05, 0.1) is 16.9 Å². The molecule has 6 heteroatoms. The minimum absolute atomic E-state index is 0.370. The maximum absolute atomic E-state index is 12.3. The van der Waals surface area contributed by atoms with Crippen LogP contribution in [0.3, 0.4) is 0 Å².